The van der Waals surface area contributed by atoms with Crippen molar-refractivity contribution in [1.29, 1.82) is 0 Å². The van der Waals surface area contributed by atoms with E-state index in [-0.39, 0.29) is 16.2 Å². The lowest BCUT2D eigenvalue weighted by molar-refractivity contribution is 0.578. The Kier molecular flexibility index (Phi) is 13.1. The summed E-state index contributed by atoms with van der Waals surface area (Å²) in [4.78, 5) is 2.42. The van der Waals surface area contributed by atoms with Gasteiger partial charge in [0.15, 0.2) is 0 Å². The number of fused-ring (bicyclic) bond motifs is 6. The predicted octanol–water partition coefficient (Wildman–Crippen LogP) is 20.8. The van der Waals surface area contributed by atoms with Crippen LogP contribution < -0.4 is 4.90 Å². The summed E-state index contributed by atoms with van der Waals surface area (Å²) in [6.45, 7) is 23.6. The van der Waals surface area contributed by atoms with E-state index < -0.39 is 0 Å². The second-order valence-corrected chi connectivity index (χ2v) is 23.9. The van der Waals surface area contributed by atoms with Gasteiger partial charge in [0.25, 0.3) is 0 Å². The highest BCUT2D eigenvalue weighted by Crippen LogP contribution is 2.51. The molecule has 0 atom stereocenters. The van der Waals surface area contributed by atoms with E-state index >= 15 is 0 Å². The van der Waals surface area contributed by atoms with Crippen LogP contribution in [-0.4, -0.2) is 4.57 Å². The highest BCUT2D eigenvalue weighted by molar-refractivity contribution is 6.10. The van der Waals surface area contributed by atoms with Gasteiger partial charge in [-0.1, -0.05) is 209 Å². The summed E-state index contributed by atoms with van der Waals surface area (Å²) in [5.74, 6) is 0. The Hall–Kier alpha value is -7.42. The van der Waals surface area contributed by atoms with Crippen LogP contribution >= 0.6 is 0 Å². The van der Waals surface area contributed by atoms with Crippen molar-refractivity contribution in [2.75, 3.05) is 4.90 Å². The van der Waals surface area contributed by atoms with Gasteiger partial charge in [0, 0.05) is 38.9 Å². The number of para-hydroxylation sites is 1. The van der Waals surface area contributed by atoms with Crippen LogP contribution in [-0.2, 0) is 29.1 Å². The first-order valence-corrected chi connectivity index (χ1v) is 27.8. The van der Waals surface area contributed by atoms with Crippen molar-refractivity contribution in [2.45, 2.75) is 124 Å². The molecule has 0 radical (unpaired) electrons. The van der Waals surface area contributed by atoms with Crippen LogP contribution in [0.1, 0.15) is 128 Å². The molecule has 2 heteroatoms. The summed E-state index contributed by atoms with van der Waals surface area (Å²) < 4.78 is 2.53. The topological polar surface area (TPSA) is 8.17 Å². The van der Waals surface area contributed by atoms with E-state index in [9.17, 15) is 0 Å². The van der Waals surface area contributed by atoms with E-state index in [0.717, 1.165) is 29.9 Å². The molecule has 376 valence electrons. The maximum absolute atomic E-state index is 2.59. The SMILES string of the molecule is CCCCc1cc(C(C)(C)C)c(CCCC)cc1-c1cc(-n2c3ccccc3c3cc(-c4ccc(N(c5ccc(-c6ccccc6)cc5)c5ccc6c(c5)C(C)(C)c5ccccc5-6)cc4)ccc32)cc(C(C)(C)C)c1. The van der Waals surface area contributed by atoms with Crippen molar-refractivity contribution in [2.24, 2.45) is 0 Å². The van der Waals surface area contributed by atoms with E-state index in [4.69, 9.17) is 0 Å². The summed E-state index contributed by atoms with van der Waals surface area (Å²) in [5.41, 5.74) is 25.8. The first kappa shape index (κ1) is 49.8. The van der Waals surface area contributed by atoms with Crippen LogP contribution in [0.25, 0.3) is 72.0 Å². The third kappa shape index (κ3) is 9.32. The minimum Gasteiger partial charge on any atom is -0.310 e. The molecule has 1 aromatic heterocycles. The third-order valence-corrected chi connectivity index (χ3v) is 16.3. The second kappa shape index (κ2) is 19.7. The van der Waals surface area contributed by atoms with Crippen LogP contribution in [0.3, 0.4) is 0 Å². The predicted molar refractivity (Wildman–Crippen MR) is 324 cm³/mol. The fourth-order valence-corrected chi connectivity index (χ4v) is 12.1. The zero-order valence-corrected chi connectivity index (χ0v) is 46.1. The summed E-state index contributed by atoms with van der Waals surface area (Å²) in [6.07, 6.45) is 6.93. The fraction of sp³-hybridized carbons (Fsp3) is 0.260. The van der Waals surface area contributed by atoms with E-state index in [0.29, 0.717) is 0 Å². The van der Waals surface area contributed by atoms with E-state index in [1.54, 1.807) is 0 Å². The number of hydrogen-bond acceptors (Lipinski definition) is 1. The number of benzene rings is 9. The van der Waals surface area contributed by atoms with Crippen molar-refractivity contribution >= 4 is 38.9 Å². The van der Waals surface area contributed by atoms with Gasteiger partial charge in [-0.3, -0.25) is 0 Å². The number of unbranched alkanes of at least 4 members (excludes halogenated alkanes) is 2. The number of rotatable bonds is 13. The number of anilines is 3. The van der Waals surface area contributed by atoms with Gasteiger partial charge in [0.1, 0.15) is 0 Å². The van der Waals surface area contributed by atoms with Crippen LogP contribution in [0.5, 0.6) is 0 Å². The minimum atomic E-state index is -0.109. The molecule has 0 unspecified atom stereocenters. The van der Waals surface area contributed by atoms with Crippen molar-refractivity contribution < 1.29 is 0 Å². The minimum absolute atomic E-state index is 0.0486. The van der Waals surface area contributed by atoms with E-state index in [2.05, 4.69) is 273 Å². The molecule has 10 aromatic rings. The largest absolute Gasteiger partial charge is 0.310 e. The molecule has 75 heavy (non-hydrogen) atoms. The molecule has 0 amide bonds. The molecule has 2 nitrogen and oxygen atoms in total. The Morgan fingerprint density at radius 2 is 0.987 bits per heavy atom. The molecule has 0 saturated carbocycles. The monoisotopic (exact) mass is 979 g/mol. The molecule has 0 saturated heterocycles. The third-order valence-electron chi connectivity index (χ3n) is 16.3. The summed E-state index contributed by atoms with van der Waals surface area (Å²) in [6, 6.07) is 73.6. The fourth-order valence-electron chi connectivity index (χ4n) is 12.1. The maximum Gasteiger partial charge on any atom is 0.0541 e. The summed E-state index contributed by atoms with van der Waals surface area (Å²) in [7, 11) is 0. The zero-order chi connectivity index (χ0) is 52.2. The first-order valence-electron chi connectivity index (χ1n) is 27.8. The molecule has 1 heterocycles. The molecular weight excluding hydrogens is 905 g/mol. The molecular formula is C73H74N2. The van der Waals surface area contributed by atoms with Crippen molar-refractivity contribution in [3.8, 4) is 50.2 Å². The first-order chi connectivity index (χ1) is 36.1. The van der Waals surface area contributed by atoms with Gasteiger partial charge < -0.3 is 9.47 Å². The lowest BCUT2D eigenvalue weighted by Gasteiger charge is -2.28. The van der Waals surface area contributed by atoms with Crippen molar-refractivity contribution in [3.05, 3.63) is 228 Å². The molecule has 0 aliphatic heterocycles. The van der Waals surface area contributed by atoms with Crippen LogP contribution in [0.2, 0.25) is 0 Å². The molecule has 11 rings (SSSR count). The lowest BCUT2D eigenvalue weighted by atomic mass is 9.78. The Bertz CT molecular complexity index is 3700. The summed E-state index contributed by atoms with van der Waals surface area (Å²) >= 11 is 0. The number of nitrogens with zero attached hydrogens (tertiary/aromatic N) is 2. The van der Waals surface area contributed by atoms with Gasteiger partial charge in [-0.05, 0) is 181 Å². The van der Waals surface area contributed by atoms with E-state index in [1.165, 1.54) is 131 Å². The Morgan fingerprint density at radius 1 is 0.413 bits per heavy atom. The Labute approximate surface area is 447 Å². The van der Waals surface area contributed by atoms with Crippen LogP contribution in [0, 0.1) is 0 Å². The Morgan fingerprint density at radius 3 is 1.67 bits per heavy atom. The number of aromatic nitrogens is 1. The smallest absolute Gasteiger partial charge is 0.0541 e. The average Bonchev–Trinajstić information content (AvgIpc) is 3.88. The lowest BCUT2D eigenvalue weighted by Crippen LogP contribution is -2.16. The quantitative estimate of drug-likeness (QED) is 0.112. The van der Waals surface area contributed by atoms with Crippen LogP contribution in [0.4, 0.5) is 17.1 Å². The number of hydrogen-bond donors (Lipinski definition) is 0. The number of aryl methyl sites for hydroxylation is 2. The molecule has 0 fully saturated rings. The summed E-state index contributed by atoms with van der Waals surface area (Å²) in [5, 5.41) is 2.53. The molecule has 1 aliphatic carbocycles. The molecule has 0 N–H and O–H groups in total. The zero-order valence-electron chi connectivity index (χ0n) is 46.1. The highest BCUT2D eigenvalue weighted by Gasteiger charge is 2.36. The second-order valence-electron chi connectivity index (χ2n) is 23.9. The highest BCUT2D eigenvalue weighted by atomic mass is 15.1. The van der Waals surface area contributed by atoms with Crippen LogP contribution in [0.15, 0.2) is 194 Å². The van der Waals surface area contributed by atoms with Crippen molar-refractivity contribution in [3.63, 3.8) is 0 Å². The van der Waals surface area contributed by atoms with E-state index in [1.807, 2.05) is 0 Å². The van der Waals surface area contributed by atoms with Gasteiger partial charge >= 0.3 is 0 Å². The molecule has 0 bridgehead atoms. The average molecular weight is 979 g/mol. The van der Waals surface area contributed by atoms with Gasteiger partial charge in [0.05, 0.1) is 11.0 Å². The normalized spacial score (nSPS) is 13.1. The van der Waals surface area contributed by atoms with Crippen molar-refractivity contribution in [1.82, 2.24) is 4.57 Å². The van der Waals surface area contributed by atoms with Gasteiger partial charge in [-0.15, -0.1) is 0 Å². The van der Waals surface area contributed by atoms with Gasteiger partial charge in [-0.2, -0.15) is 0 Å². The standard InChI is InChI=1S/C73H74N2/c1-11-13-22-53-46-67(72(6,7)8)54(23-14-12-2)45-64(53)55-42-56(71(3,4)5)47-60(43-55)75-69-29-21-19-27-63(69)65-44-52(34-41-70(65)75)51-32-37-58(38-33-51)74(57-35-30-50(31-36-57)49-24-16-15-17-25-49)59-39-40-62-61-26-18-20-28-66(61)73(9,10)68(62)48-59/h15-21,24-48H,11-14,22-23H2,1-10H3. The van der Waals surface area contributed by atoms with Gasteiger partial charge in [-0.25, -0.2) is 0 Å². The molecule has 0 spiro atoms. The maximum atomic E-state index is 2.59. The Balaban J connectivity index is 1.01. The molecule has 9 aromatic carbocycles. The van der Waals surface area contributed by atoms with Gasteiger partial charge in [0.2, 0.25) is 0 Å². The molecule has 1 aliphatic rings.